The van der Waals surface area contributed by atoms with Gasteiger partial charge in [0.1, 0.15) is 17.5 Å². The average Bonchev–Trinajstić information content (AvgIpc) is 3.13. The van der Waals surface area contributed by atoms with E-state index in [0.717, 1.165) is 18.4 Å². The first-order valence-electron chi connectivity index (χ1n) is 9.63. The summed E-state index contributed by atoms with van der Waals surface area (Å²) in [5.41, 5.74) is 1.47. The summed E-state index contributed by atoms with van der Waals surface area (Å²) in [6, 6.07) is 11.3. The smallest absolute Gasteiger partial charge is 0.271 e. The minimum absolute atomic E-state index is 0.0234. The topological polar surface area (TPSA) is 103 Å². The van der Waals surface area contributed by atoms with Gasteiger partial charge in [-0.05, 0) is 38.2 Å². The molecule has 7 heteroatoms. The summed E-state index contributed by atoms with van der Waals surface area (Å²) in [6.07, 6.45) is 2.29. The van der Waals surface area contributed by atoms with Crippen LogP contribution in [0, 0.1) is 0 Å². The second-order valence-electron chi connectivity index (χ2n) is 7.15. The van der Waals surface area contributed by atoms with Crippen LogP contribution in [0.5, 0.6) is 5.75 Å². The second kappa shape index (κ2) is 8.93. The second-order valence-corrected chi connectivity index (χ2v) is 7.15. The lowest BCUT2D eigenvalue weighted by molar-refractivity contribution is 0.0863. The van der Waals surface area contributed by atoms with Crippen molar-refractivity contribution in [3.63, 3.8) is 0 Å². The van der Waals surface area contributed by atoms with Crippen molar-refractivity contribution in [2.75, 3.05) is 7.05 Å². The summed E-state index contributed by atoms with van der Waals surface area (Å²) in [6.45, 7) is 1.89. The van der Waals surface area contributed by atoms with Crippen LogP contribution < -0.4 is 15.4 Å². The van der Waals surface area contributed by atoms with Gasteiger partial charge < -0.3 is 25.5 Å². The molecule has 1 fully saturated rings. The van der Waals surface area contributed by atoms with Crippen LogP contribution in [0.15, 0.2) is 36.4 Å². The average molecular weight is 385 g/mol. The number of aromatic amines is 1. The van der Waals surface area contributed by atoms with Crippen LogP contribution in [0.25, 0.3) is 0 Å². The normalized spacial score (nSPS) is 20.2. The van der Waals surface area contributed by atoms with Gasteiger partial charge >= 0.3 is 0 Å². The molecule has 2 aromatic rings. The molecule has 0 spiro atoms. The Balaban J connectivity index is 1.75. The van der Waals surface area contributed by atoms with Gasteiger partial charge in [0.2, 0.25) is 0 Å². The molecule has 1 aromatic carbocycles. The molecule has 1 saturated carbocycles. The van der Waals surface area contributed by atoms with Crippen LogP contribution in [0.4, 0.5) is 0 Å². The van der Waals surface area contributed by atoms with E-state index in [1.54, 1.807) is 6.07 Å². The minimum Gasteiger partial charge on any atom is -0.484 e. The maximum Gasteiger partial charge on any atom is 0.271 e. The van der Waals surface area contributed by atoms with E-state index >= 15 is 0 Å². The van der Waals surface area contributed by atoms with E-state index in [1.165, 1.54) is 7.05 Å². The van der Waals surface area contributed by atoms with E-state index < -0.39 is 0 Å². The lowest BCUT2D eigenvalue weighted by atomic mass is 9.93. The van der Waals surface area contributed by atoms with Crippen molar-refractivity contribution in [3.05, 3.63) is 53.3 Å². The molecular weight excluding hydrogens is 358 g/mol. The summed E-state index contributed by atoms with van der Waals surface area (Å²) in [7, 11) is 1.53. The molecule has 0 saturated heterocycles. The third-order valence-electron chi connectivity index (χ3n) is 5.08. The van der Waals surface area contributed by atoms with Gasteiger partial charge in [0, 0.05) is 19.2 Å². The quantitative estimate of drug-likeness (QED) is 0.613. The molecule has 4 N–H and O–H groups in total. The fourth-order valence-electron chi connectivity index (χ4n) is 3.41. The number of benzene rings is 1. The highest BCUT2D eigenvalue weighted by molar-refractivity contribution is 5.99. The van der Waals surface area contributed by atoms with Gasteiger partial charge in [0.15, 0.2) is 5.75 Å². The zero-order valence-electron chi connectivity index (χ0n) is 16.2. The van der Waals surface area contributed by atoms with Gasteiger partial charge in [-0.2, -0.15) is 0 Å². The van der Waals surface area contributed by atoms with Gasteiger partial charge in [-0.25, -0.2) is 0 Å². The van der Waals surface area contributed by atoms with E-state index in [0.29, 0.717) is 18.6 Å². The Labute approximate surface area is 164 Å². The lowest BCUT2D eigenvalue weighted by Crippen LogP contribution is -2.38. The van der Waals surface area contributed by atoms with Crippen LogP contribution in [0.3, 0.4) is 0 Å². The first-order valence-corrected chi connectivity index (χ1v) is 9.63. The first-order chi connectivity index (χ1) is 13.5. The third-order valence-corrected chi connectivity index (χ3v) is 5.08. The molecule has 0 aliphatic heterocycles. The molecule has 1 heterocycles. The van der Waals surface area contributed by atoms with Crippen molar-refractivity contribution in [1.29, 1.82) is 0 Å². The summed E-state index contributed by atoms with van der Waals surface area (Å²) in [5.74, 6) is -0.302. The first kappa shape index (κ1) is 19.9. The number of rotatable bonds is 6. The molecule has 2 amide bonds. The van der Waals surface area contributed by atoms with Gasteiger partial charge in [-0.1, -0.05) is 30.3 Å². The standard InChI is InChI=1S/C21H27N3O4/c1-13(14-6-4-3-5-7-14)28-18-12-17(24-19(18)21(27)22-2)20(26)23-15-8-10-16(25)11-9-15/h3-7,12-13,15-16,24-25H,8-11H2,1-2H3,(H,22,27)(H,23,26). The highest BCUT2D eigenvalue weighted by Crippen LogP contribution is 2.27. The fraction of sp³-hybridized carbons (Fsp3) is 0.429. The summed E-state index contributed by atoms with van der Waals surface area (Å²) < 4.78 is 5.98. The number of amides is 2. The Kier molecular flexibility index (Phi) is 6.36. The minimum atomic E-state index is -0.352. The molecule has 0 radical (unpaired) electrons. The van der Waals surface area contributed by atoms with Crippen molar-refractivity contribution in [1.82, 2.24) is 15.6 Å². The molecule has 1 atom stereocenters. The molecule has 1 aliphatic carbocycles. The molecule has 150 valence electrons. The largest absolute Gasteiger partial charge is 0.484 e. The lowest BCUT2D eigenvalue weighted by Gasteiger charge is -2.25. The van der Waals surface area contributed by atoms with Crippen molar-refractivity contribution in [3.8, 4) is 5.75 Å². The number of aliphatic hydroxyl groups excluding tert-OH is 1. The van der Waals surface area contributed by atoms with Crippen molar-refractivity contribution >= 4 is 11.8 Å². The number of nitrogens with one attached hydrogen (secondary N) is 3. The number of hydrogen-bond donors (Lipinski definition) is 4. The number of aliphatic hydroxyl groups is 1. The molecular formula is C21H27N3O4. The SMILES string of the molecule is CNC(=O)c1[nH]c(C(=O)NC2CCC(O)CC2)cc1OC(C)c1ccccc1. The van der Waals surface area contributed by atoms with Gasteiger partial charge in [-0.15, -0.1) is 0 Å². The number of ether oxygens (including phenoxy) is 1. The van der Waals surface area contributed by atoms with Crippen LogP contribution in [-0.2, 0) is 0 Å². The number of hydrogen-bond acceptors (Lipinski definition) is 4. The number of carbonyl (C=O) groups excluding carboxylic acids is 2. The number of aromatic nitrogens is 1. The maximum absolute atomic E-state index is 12.6. The van der Waals surface area contributed by atoms with Gasteiger partial charge in [0.05, 0.1) is 6.10 Å². The Morgan fingerprint density at radius 2 is 1.82 bits per heavy atom. The highest BCUT2D eigenvalue weighted by atomic mass is 16.5. The summed E-state index contributed by atoms with van der Waals surface area (Å²) in [4.78, 5) is 27.8. The maximum atomic E-state index is 12.6. The van der Waals surface area contributed by atoms with Crippen LogP contribution in [-0.4, -0.2) is 41.1 Å². The van der Waals surface area contributed by atoms with E-state index in [-0.39, 0.29) is 41.5 Å². The monoisotopic (exact) mass is 385 g/mol. The van der Waals surface area contributed by atoms with Crippen LogP contribution in [0.2, 0.25) is 0 Å². The Bertz CT molecular complexity index is 810. The van der Waals surface area contributed by atoms with Gasteiger partial charge in [-0.3, -0.25) is 9.59 Å². The third kappa shape index (κ3) is 4.72. The predicted octanol–water partition coefficient (Wildman–Crippen LogP) is 2.55. The molecule has 3 rings (SSSR count). The van der Waals surface area contributed by atoms with Gasteiger partial charge in [0.25, 0.3) is 11.8 Å². The van der Waals surface area contributed by atoms with E-state index in [9.17, 15) is 14.7 Å². The molecule has 7 nitrogen and oxygen atoms in total. The Morgan fingerprint density at radius 3 is 2.46 bits per heavy atom. The molecule has 1 aromatic heterocycles. The van der Waals surface area contributed by atoms with E-state index in [1.807, 2.05) is 37.3 Å². The predicted molar refractivity (Wildman–Crippen MR) is 105 cm³/mol. The fourth-order valence-corrected chi connectivity index (χ4v) is 3.41. The Morgan fingerprint density at radius 1 is 1.14 bits per heavy atom. The van der Waals surface area contributed by atoms with E-state index in [2.05, 4.69) is 15.6 Å². The summed E-state index contributed by atoms with van der Waals surface area (Å²) in [5, 5.41) is 15.1. The molecule has 1 aliphatic rings. The number of H-pyrrole nitrogens is 1. The molecule has 1 unspecified atom stereocenters. The number of carbonyl (C=O) groups is 2. The van der Waals surface area contributed by atoms with E-state index in [4.69, 9.17) is 4.74 Å². The van der Waals surface area contributed by atoms with Crippen molar-refractivity contribution in [2.24, 2.45) is 0 Å². The highest BCUT2D eigenvalue weighted by Gasteiger charge is 2.25. The van der Waals surface area contributed by atoms with Crippen LogP contribution >= 0.6 is 0 Å². The Hall–Kier alpha value is -2.80. The van der Waals surface area contributed by atoms with Crippen molar-refractivity contribution < 1.29 is 19.4 Å². The summed E-state index contributed by atoms with van der Waals surface area (Å²) >= 11 is 0. The van der Waals surface area contributed by atoms with Crippen molar-refractivity contribution in [2.45, 2.75) is 50.9 Å². The molecule has 0 bridgehead atoms. The van der Waals surface area contributed by atoms with Crippen LogP contribution in [0.1, 0.15) is 65.3 Å². The zero-order chi connectivity index (χ0) is 20.1. The zero-order valence-corrected chi connectivity index (χ0v) is 16.2. The molecule has 28 heavy (non-hydrogen) atoms.